The van der Waals surface area contributed by atoms with E-state index in [1.807, 2.05) is 60.7 Å². The van der Waals surface area contributed by atoms with Crippen molar-refractivity contribution >= 4 is 29.6 Å². The predicted octanol–water partition coefficient (Wildman–Crippen LogP) is 5.84. The minimum atomic E-state index is -0.810. The van der Waals surface area contributed by atoms with Crippen molar-refractivity contribution in [1.29, 1.82) is 0 Å². The number of carboxylic acid groups (broad SMARTS) is 1. The number of ether oxygens (including phenoxy) is 2. The van der Waals surface area contributed by atoms with Crippen molar-refractivity contribution in [3.05, 3.63) is 89.2 Å². The predicted molar refractivity (Wildman–Crippen MR) is 222 cm³/mol. The summed E-state index contributed by atoms with van der Waals surface area (Å²) in [7, 11) is 0. The van der Waals surface area contributed by atoms with Gasteiger partial charge in [0.1, 0.15) is 12.2 Å². The van der Waals surface area contributed by atoms with Crippen LogP contribution in [0.25, 0.3) is 0 Å². The molecule has 2 fully saturated rings. The summed E-state index contributed by atoms with van der Waals surface area (Å²) >= 11 is 0. The SMILES string of the molecule is O=C(O)CCCCCNC(=O)CCCCCNC(=O)c1cc(C(=O)N[C@H]2CCCC[C@@H]2OCc2ccccc2)n(CC(=O)N[C@H]2CCCC[C@@H]2OCc2ccccc2)n1. The number of benzene rings is 2. The largest absolute Gasteiger partial charge is 0.481 e. The number of carboxylic acids is 1. The van der Waals surface area contributed by atoms with E-state index in [9.17, 15) is 24.0 Å². The van der Waals surface area contributed by atoms with Crippen molar-refractivity contribution in [1.82, 2.24) is 31.0 Å². The molecule has 2 aromatic carbocycles. The highest BCUT2D eigenvalue weighted by Crippen LogP contribution is 2.24. The van der Waals surface area contributed by atoms with E-state index >= 15 is 0 Å². The molecule has 2 saturated carbocycles. The number of carbonyl (C=O) groups excluding carboxylic acids is 4. The van der Waals surface area contributed by atoms with Crippen LogP contribution >= 0.6 is 0 Å². The van der Waals surface area contributed by atoms with Crippen LogP contribution in [-0.2, 0) is 43.6 Å². The van der Waals surface area contributed by atoms with Crippen LogP contribution < -0.4 is 21.3 Å². The van der Waals surface area contributed by atoms with Crippen LogP contribution in [0, 0.1) is 0 Å². The van der Waals surface area contributed by atoms with Gasteiger partial charge >= 0.3 is 5.97 Å². The summed E-state index contributed by atoms with van der Waals surface area (Å²) in [5.74, 6) is -2.06. The third kappa shape index (κ3) is 15.9. The highest BCUT2D eigenvalue weighted by atomic mass is 16.5. The molecular formula is C45H62N6O8. The lowest BCUT2D eigenvalue weighted by Gasteiger charge is -2.32. The van der Waals surface area contributed by atoms with Gasteiger partial charge in [0, 0.05) is 32.0 Å². The van der Waals surface area contributed by atoms with Crippen LogP contribution in [0.4, 0.5) is 0 Å². The number of unbranched alkanes of at least 4 members (excludes halogenated alkanes) is 4. The highest BCUT2D eigenvalue weighted by molar-refractivity contribution is 5.98. The number of hydrogen-bond acceptors (Lipinski definition) is 8. The van der Waals surface area contributed by atoms with Crippen LogP contribution in [0.3, 0.4) is 0 Å². The lowest BCUT2D eigenvalue weighted by molar-refractivity contribution is -0.137. The third-order valence-corrected chi connectivity index (χ3v) is 11.0. The minimum Gasteiger partial charge on any atom is -0.481 e. The van der Waals surface area contributed by atoms with Crippen LogP contribution in [0.1, 0.15) is 135 Å². The summed E-state index contributed by atoms with van der Waals surface area (Å²) in [4.78, 5) is 63.8. The Kier molecular flexibility index (Phi) is 18.9. The first kappa shape index (κ1) is 45.0. The van der Waals surface area contributed by atoms with Gasteiger partial charge in [-0.3, -0.25) is 24.0 Å². The van der Waals surface area contributed by atoms with E-state index in [0.29, 0.717) is 52.0 Å². The van der Waals surface area contributed by atoms with Crippen molar-refractivity contribution in [2.75, 3.05) is 13.1 Å². The topological polar surface area (TPSA) is 190 Å². The molecule has 14 nitrogen and oxygen atoms in total. The number of nitrogens with one attached hydrogen (secondary N) is 4. The summed E-state index contributed by atoms with van der Waals surface area (Å²) in [5, 5.41) is 25.2. The molecule has 320 valence electrons. The van der Waals surface area contributed by atoms with E-state index in [1.165, 1.54) is 10.7 Å². The number of rotatable bonds is 24. The van der Waals surface area contributed by atoms with Crippen LogP contribution in [0.15, 0.2) is 66.7 Å². The molecule has 4 atom stereocenters. The Bertz CT molecular complexity index is 1770. The molecule has 0 bridgehead atoms. The number of hydrogen-bond donors (Lipinski definition) is 5. The van der Waals surface area contributed by atoms with E-state index in [1.54, 1.807) is 0 Å². The van der Waals surface area contributed by atoms with Gasteiger partial charge in [-0.1, -0.05) is 99.2 Å². The van der Waals surface area contributed by atoms with Crippen molar-refractivity contribution < 1.29 is 38.6 Å². The van der Waals surface area contributed by atoms with Gasteiger partial charge in [0.25, 0.3) is 11.8 Å². The highest BCUT2D eigenvalue weighted by Gasteiger charge is 2.31. The fraction of sp³-hybridized carbons (Fsp3) is 0.556. The molecule has 0 saturated heterocycles. The summed E-state index contributed by atoms with van der Waals surface area (Å²) in [5.41, 5.74) is 2.27. The van der Waals surface area contributed by atoms with Gasteiger partial charge in [-0.05, 0) is 62.5 Å². The molecular weight excluding hydrogens is 753 g/mol. The number of nitrogens with zero attached hydrogens (tertiary/aromatic N) is 2. The monoisotopic (exact) mass is 814 g/mol. The first-order valence-electron chi connectivity index (χ1n) is 21.5. The molecule has 14 heteroatoms. The third-order valence-electron chi connectivity index (χ3n) is 11.0. The molecule has 2 aliphatic carbocycles. The molecule has 1 aromatic heterocycles. The van der Waals surface area contributed by atoms with Gasteiger partial charge in [-0.2, -0.15) is 5.10 Å². The standard InChI is InChI=1S/C45H62N6O8/c52-41(46-27-15-4-10-26-43(54)55)25-9-3-16-28-47-44(56)37-29-38(45(57)49-36-22-12-14-24-40(36)59-32-34-19-7-2-8-20-34)51(50-37)30-42(53)48-35-21-11-13-23-39(35)58-31-33-17-5-1-6-18-33/h1-2,5-8,17-20,29,35-36,39-40H,3-4,9-16,21-28,30-32H2,(H,46,52)(H,47,56)(H,48,53)(H,49,57)(H,54,55)/t35-,36-,39-,40-/m0/s1. The van der Waals surface area contributed by atoms with Crippen molar-refractivity contribution in [3.63, 3.8) is 0 Å². The number of amides is 4. The fourth-order valence-corrected chi connectivity index (χ4v) is 7.71. The Hall–Kier alpha value is -5.08. The van der Waals surface area contributed by atoms with E-state index in [0.717, 1.165) is 81.8 Å². The molecule has 2 aliphatic rings. The molecule has 0 aliphatic heterocycles. The van der Waals surface area contributed by atoms with Gasteiger partial charge in [0.15, 0.2) is 5.69 Å². The first-order chi connectivity index (χ1) is 28.7. The smallest absolute Gasteiger partial charge is 0.303 e. The molecule has 3 aromatic rings. The summed E-state index contributed by atoms with van der Waals surface area (Å²) in [6.45, 7) is 1.51. The lowest BCUT2D eigenvalue weighted by atomic mass is 9.92. The average Bonchev–Trinajstić information content (AvgIpc) is 3.67. The zero-order valence-corrected chi connectivity index (χ0v) is 34.2. The maximum absolute atomic E-state index is 14.0. The number of carbonyl (C=O) groups is 5. The molecule has 0 unspecified atom stereocenters. The van der Waals surface area contributed by atoms with Gasteiger partial charge in [-0.15, -0.1) is 0 Å². The van der Waals surface area contributed by atoms with Gasteiger partial charge in [0.05, 0.1) is 37.5 Å². The molecule has 5 N–H and O–H groups in total. The molecule has 1 heterocycles. The Balaban J connectivity index is 1.16. The average molecular weight is 815 g/mol. The van der Waals surface area contributed by atoms with Gasteiger partial charge in [-0.25, -0.2) is 4.68 Å². The minimum absolute atomic E-state index is 0.0351. The van der Waals surface area contributed by atoms with E-state index < -0.39 is 17.8 Å². The normalized spacial score (nSPS) is 19.1. The van der Waals surface area contributed by atoms with Crippen LogP contribution in [0.5, 0.6) is 0 Å². The van der Waals surface area contributed by atoms with E-state index in [-0.39, 0.29) is 60.5 Å². The van der Waals surface area contributed by atoms with Crippen LogP contribution in [0.2, 0.25) is 0 Å². The molecule has 0 spiro atoms. The Labute approximate surface area is 347 Å². The first-order valence-corrected chi connectivity index (χ1v) is 21.5. The zero-order chi connectivity index (χ0) is 41.7. The second kappa shape index (κ2) is 24.8. The summed E-state index contributed by atoms with van der Waals surface area (Å²) in [6.07, 6.45) is 11.4. The maximum atomic E-state index is 14.0. The van der Waals surface area contributed by atoms with Crippen LogP contribution in [-0.4, -0.2) is 81.9 Å². The Morgan fingerprint density at radius 2 is 1.17 bits per heavy atom. The molecule has 59 heavy (non-hydrogen) atoms. The summed E-state index contributed by atoms with van der Waals surface area (Å²) < 4.78 is 13.9. The van der Waals surface area contributed by atoms with Crippen molar-refractivity contribution in [3.8, 4) is 0 Å². The van der Waals surface area contributed by atoms with Gasteiger partial charge in [0.2, 0.25) is 11.8 Å². The molecule has 5 rings (SSSR count). The fourth-order valence-electron chi connectivity index (χ4n) is 7.71. The lowest BCUT2D eigenvalue weighted by Crippen LogP contribution is -2.48. The molecule has 4 amide bonds. The van der Waals surface area contributed by atoms with E-state index in [2.05, 4.69) is 26.4 Å². The zero-order valence-electron chi connectivity index (χ0n) is 34.2. The Morgan fingerprint density at radius 3 is 1.76 bits per heavy atom. The number of aliphatic carboxylic acids is 1. The van der Waals surface area contributed by atoms with Gasteiger partial charge < -0.3 is 35.8 Å². The molecule has 0 radical (unpaired) electrons. The quantitative estimate of drug-likeness (QED) is 0.0693. The van der Waals surface area contributed by atoms with Crippen molar-refractivity contribution in [2.45, 2.75) is 147 Å². The van der Waals surface area contributed by atoms with Crippen molar-refractivity contribution in [2.24, 2.45) is 0 Å². The number of aromatic nitrogens is 2. The second-order valence-electron chi connectivity index (χ2n) is 15.7. The van der Waals surface area contributed by atoms with E-state index in [4.69, 9.17) is 14.6 Å². The maximum Gasteiger partial charge on any atom is 0.303 e. The summed E-state index contributed by atoms with van der Waals surface area (Å²) in [6, 6.07) is 20.9. The second-order valence-corrected chi connectivity index (χ2v) is 15.7. The Morgan fingerprint density at radius 1 is 0.627 bits per heavy atom.